The highest BCUT2D eigenvalue weighted by atomic mass is 16.3. The average Bonchev–Trinajstić information content (AvgIpc) is 2.32. The van der Waals surface area contributed by atoms with Crippen molar-refractivity contribution in [1.29, 1.82) is 0 Å². The number of rotatable bonds is 13. The van der Waals surface area contributed by atoms with Crippen LogP contribution in [0.15, 0.2) is 0 Å². The van der Waals surface area contributed by atoms with Gasteiger partial charge in [-0.3, -0.25) is 0 Å². The van der Waals surface area contributed by atoms with Crippen molar-refractivity contribution in [2.45, 2.75) is 90.0 Å². The van der Waals surface area contributed by atoms with Crippen LogP contribution < -0.4 is 5.73 Å². The SMILES string of the molecule is CCCCCCCCCCCC[C@@H](N)CCO. The molecule has 0 aromatic carbocycles. The lowest BCUT2D eigenvalue weighted by Crippen LogP contribution is -2.20. The maximum atomic E-state index is 8.72. The van der Waals surface area contributed by atoms with Gasteiger partial charge in [0, 0.05) is 12.6 Å². The minimum atomic E-state index is 0.217. The van der Waals surface area contributed by atoms with E-state index in [9.17, 15) is 0 Å². The molecule has 1 atom stereocenters. The first-order chi connectivity index (χ1) is 8.31. The zero-order valence-electron chi connectivity index (χ0n) is 11.8. The molecule has 0 heterocycles. The Morgan fingerprint density at radius 1 is 0.765 bits per heavy atom. The van der Waals surface area contributed by atoms with E-state index in [4.69, 9.17) is 10.8 Å². The van der Waals surface area contributed by atoms with Crippen molar-refractivity contribution in [2.24, 2.45) is 5.73 Å². The summed E-state index contributed by atoms with van der Waals surface area (Å²) in [5.74, 6) is 0. The summed E-state index contributed by atoms with van der Waals surface area (Å²) in [4.78, 5) is 0. The summed E-state index contributed by atoms with van der Waals surface area (Å²) < 4.78 is 0. The van der Waals surface area contributed by atoms with Crippen molar-refractivity contribution in [3.63, 3.8) is 0 Å². The summed E-state index contributed by atoms with van der Waals surface area (Å²) in [5, 5.41) is 8.72. The largest absolute Gasteiger partial charge is 0.396 e. The van der Waals surface area contributed by atoms with Gasteiger partial charge in [0.2, 0.25) is 0 Å². The Kier molecular flexibility index (Phi) is 13.9. The first-order valence-corrected chi connectivity index (χ1v) is 7.67. The minimum Gasteiger partial charge on any atom is -0.396 e. The number of aliphatic hydroxyl groups excluding tert-OH is 1. The molecule has 0 unspecified atom stereocenters. The lowest BCUT2D eigenvalue weighted by Gasteiger charge is -2.08. The Labute approximate surface area is 108 Å². The topological polar surface area (TPSA) is 46.2 Å². The van der Waals surface area contributed by atoms with E-state index in [0.717, 1.165) is 12.8 Å². The monoisotopic (exact) mass is 243 g/mol. The lowest BCUT2D eigenvalue weighted by atomic mass is 10.0. The maximum Gasteiger partial charge on any atom is 0.0445 e. The van der Waals surface area contributed by atoms with E-state index < -0.39 is 0 Å². The number of nitrogens with two attached hydrogens (primary N) is 1. The van der Waals surface area contributed by atoms with E-state index >= 15 is 0 Å². The highest BCUT2D eigenvalue weighted by Gasteiger charge is 2.00. The average molecular weight is 243 g/mol. The van der Waals surface area contributed by atoms with Crippen molar-refractivity contribution in [1.82, 2.24) is 0 Å². The van der Waals surface area contributed by atoms with Crippen molar-refractivity contribution < 1.29 is 5.11 Å². The molecule has 0 saturated carbocycles. The molecule has 0 saturated heterocycles. The summed E-state index contributed by atoms with van der Waals surface area (Å²) in [5.41, 5.74) is 5.83. The smallest absolute Gasteiger partial charge is 0.0445 e. The van der Waals surface area contributed by atoms with Crippen LogP contribution in [0.25, 0.3) is 0 Å². The first kappa shape index (κ1) is 16.9. The number of unbranched alkanes of at least 4 members (excludes halogenated alkanes) is 9. The van der Waals surface area contributed by atoms with Crippen LogP contribution in [0.1, 0.15) is 84.0 Å². The molecule has 0 aromatic heterocycles. The molecule has 0 fully saturated rings. The van der Waals surface area contributed by atoms with Crippen LogP contribution in [-0.2, 0) is 0 Å². The van der Waals surface area contributed by atoms with Crippen LogP contribution in [0.5, 0.6) is 0 Å². The molecule has 0 aliphatic heterocycles. The molecule has 0 radical (unpaired) electrons. The van der Waals surface area contributed by atoms with Crippen LogP contribution in [-0.4, -0.2) is 17.8 Å². The molecule has 0 rings (SSSR count). The molecule has 104 valence electrons. The molecule has 0 aliphatic carbocycles. The summed E-state index contributed by atoms with van der Waals surface area (Å²) in [7, 11) is 0. The van der Waals surface area contributed by atoms with E-state index in [1.165, 1.54) is 64.2 Å². The third-order valence-corrected chi connectivity index (χ3v) is 3.43. The summed E-state index contributed by atoms with van der Waals surface area (Å²) in [6, 6.07) is 0.217. The molecule has 0 aromatic rings. The second-order valence-corrected chi connectivity index (χ2v) is 5.24. The van der Waals surface area contributed by atoms with E-state index in [1.54, 1.807) is 0 Å². The van der Waals surface area contributed by atoms with Gasteiger partial charge in [-0.15, -0.1) is 0 Å². The zero-order chi connectivity index (χ0) is 12.8. The zero-order valence-corrected chi connectivity index (χ0v) is 11.8. The number of aliphatic hydroxyl groups is 1. The molecular formula is C15H33NO. The molecule has 2 nitrogen and oxygen atoms in total. The quantitative estimate of drug-likeness (QED) is 0.480. The molecule has 0 aliphatic rings. The second-order valence-electron chi connectivity index (χ2n) is 5.24. The van der Waals surface area contributed by atoms with Crippen LogP contribution >= 0.6 is 0 Å². The van der Waals surface area contributed by atoms with Crippen molar-refractivity contribution in [2.75, 3.05) is 6.61 Å². The third kappa shape index (κ3) is 13.9. The maximum absolute atomic E-state index is 8.72. The summed E-state index contributed by atoms with van der Waals surface area (Å²) in [6.45, 7) is 2.50. The normalized spacial score (nSPS) is 12.9. The molecular weight excluding hydrogens is 210 g/mol. The first-order valence-electron chi connectivity index (χ1n) is 7.67. The second kappa shape index (κ2) is 14.0. The van der Waals surface area contributed by atoms with E-state index in [-0.39, 0.29) is 12.6 Å². The van der Waals surface area contributed by atoms with Crippen molar-refractivity contribution in [3.05, 3.63) is 0 Å². The minimum absolute atomic E-state index is 0.217. The van der Waals surface area contributed by atoms with Gasteiger partial charge in [-0.2, -0.15) is 0 Å². The predicted octanol–water partition coefficient (Wildman–Crippen LogP) is 4.01. The Hall–Kier alpha value is -0.0800. The van der Waals surface area contributed by atoms with Gasteiger partial charge in [-0.05, 0) is 12.8 Å². The van der Waals surface area contributed by atoms with Gasteiger partial charge in [0.25, 0.3) is 0 Å². The van der Waals surface area contributed by atoms with E-state index in [1.807, 2.05) is 0 Å². The van der Waals surface area contributed by atoms with E-state index in [0.29, 0.717) is 0 Å². The molecule has 0 amide bonds. The number of hydrogen-bond donors (Lipinski definition) is 2. The predicted molar refractivity (Wildman–Crippen MR) is 76.1 cm³/mol. The van der Waals surface area contributed by atoms with Crippen LogP contribution in [0.3, 0.4) is 0 Å². The molecule has 2 heteroatoms. The number of hydrogen-bond acceptors (Lipinski definition) is 2. The molecule has 17 heavy (non-hydrogen) atoms. The lowest BCUT2D eigenvalue weighted by molar-refractivity contribution is 0.271. The van der Waals surface area contributed by atoms with Crippen LogP contribution in [0.4, 0.5) is 0 Å². The van der Waals surface area contributed by atoms with Gasteiger partial charge in [-0.1, -0.05) is 71.1 Å². The highest BCUT2D eigenvalue weighted by molar-refractivity contribution is 4.60. The Morgan fingerprint density at radius 2 is 1.24 bits per heavy atom. The highest BCUT2D eigenvalue weighted by Crippen LogP contribution is 2.12. The van der Waals surface area contributed by atoms with Crippen molar-refractivity contribution >= 4 is 0 Å². The van der Waals surface area contributed by atoms with Gasteiger partial charge in [0.05, 0.1) is 0 Å². The van der Waals surface area contributed by atoms with Gasteiger partial charge < -0.3 is 10.8 Å². The van der Waals surface area contributed by atoms with Crippen LogP contribution in [0, 0.1) is 0 Å². The fraction of sp³-hybridized carbons (Fsp3) is 1.00. The summed E-state index contributed by atoms with van der Waals surface area (Å²) in [6.07, 6.45) is 15.6. The van der Waals surface area contributed by atoms with Gasteiger partial charge in [0.15, 0.2) is 0 Å². The molecule has 3 N–H and O–H groups in total. The Morgan fingerprint density at radius 3 is 1.71 bits per heavy atom. The molecule has 0 spiro atoms. The third-order valence-electron chi connectivity index (χ3n) is 3.43. The molecule has 0 bridgehead atoms. The van der Waals surface area contributed by atoms with Crippen molar-refractivity contribution in [3.8, 4) is 0 Å². The Balaban J connectivity index is 2.98. The summed E-state index contributed by atoms with van der Waals surface area (Å²) >= 11 is 0. The fourth-order valence-electron chi connectivity index (χ4n) is 2.20. The van der Waals surface area contributed by atoms with Gasteiger partial charge in [-0.25, -0.2) is 0 Å². The van der Waals surface area contributed by atoms with Gasteiger partial charge >= 0.3 is 0 Å². The standard InChI is InChI=1S/C15H33NO/c1-2-3-4-5-6-7-8-9-10-11-12-15(16)13-14-17/h15,17H,2-14,16H2,1H3/t15-/m1/s1. The van der Waals surface area contributed by atoms with Gasteiger partial charge in [0.1, 0.15) is 0 Å². The fourth-order valence-corrected chi connectivity index (χ4v) is 2.20. The van der Waals surface area contributed by atoms with E-state index in [2.05, 4.69) is 6.92 Å². The van der Waals surface area contributed by atoms with Crippen LogP contribution in [0.2, 0.25) is 0 Å². The Bertz CT molecular complexity index is 139.